The molecule has 2 rings (SSSR count). The molecule has 1 saturated carbocycles. The Morgan fingerprint density at radius 2 is 1.81 bits per heavy atom. The Morgan fingerprint density at radius 3 is 2.38 bits per heavy atom. The highest BCUT2D eigenvalue weighted by Crippen LogP contribution is 2.40. The molecule has 0 spiro atoms. The number of hydrogen-bond donors (Lipinski definition) is 0. The van der Waals surface area contributed by atoms with Gasteiger partial charge in [0.15, 0.2) is 0 Å². The van der Waals surface area contributed by atoms with Gasteiger partial charge in [-0.2, -0.15) is 0 Å². The molecule has 2 aliphatic rings. The van der Waals surface area contributed by atoms with Gasteiger partial charge < -0.3 is 4.90 Å². The summed E-state index contributed by atoms with van der Waals surface area (Å²) in [6, 6.07) is 0. The number of halogens is 1. The third-order valence-corrected chi connectivity index (χ3v) is 5.87. The Bertz CT molecular complexity index is 340. The van der Waals surface area contributed by atoms with E-state index in [1.54, 1.807) is 0 Å². The minimum absolute atomic E-state index is 0.290. The number of hydrogen-bond acceptors (Lipinski definition) is 1. The van der Waals surface area contributed by atoms with E-state index in [0.717, 1.165) is 50.6 Å². The second kappa shape index (κ2) is 7.35. The van der Waals surface area contributed by atoms with Crippen molar-refractivity contribution < 1.29 is 4.79 Å². The van der Waals surface area contributed by atoms with Crippen molar-refractivity contribution in [2.24, 2.45) is 23.2 Å². The van der Waals surface area contributed by atoms with E-state index in [9.17, 15) is 4.79 Å². The van der Waals surface area contributed by atoms with E-state index in [4.69, 9.17) is 11.6 Å². The summed E-state index contributed by atoms with van der Waals surface area (Å²) in [4.78, 5) is 14.9. The van der Waals surface area contributed by atoms with Gasteiger partial charge in [-0.25, -0.2) is 0 Å². The summed E-state index contributed by atoms with van der Waals surface area (Å²) in [5, 5.41) is 0. The molecular formula is C18H32ClNO. The van der Waals surface area contributed by atoms with Gasteiger partial charge in [0.25, 0.3) is 0 Å². The zero-order valence-corrected chi connectivity index (χ0v) is 14.8. The molecule has 1 amide bonds. The molecule has 1 aliphatic carbocycles. The lowest BCUT2D eigenvalue weighted by atomic mass is 9.69. The van der Waals surface area contributed by atoms with Crippen molar-refractivity contribution in [3.05, 3.63) is 0 Å². The van der Waals surface area contributed by atoms with Crippen LogP contribution in [0.5, 0.6) is 0 Å². The Hall–Kier alpha value is -0.240. The van der Waals surface area contributed by atoms with Crippen LogP contribution >= 0.6 is 11.6 Å². The normalized spacial score (nSPS) is 31.2. The summed E-state index contributed by atoms with van der Waals surface area (Å²) in [6.07, 6.45) is 8.09. The summed E-state index contributed by atoms with van der Waals surface area (Å²) < 4.78 is 0. The summed E-state index contributed by atoms with van der Waals surface area (Å²) in [6.45, 7) is 8.92. The summed E-state index contributed by atoms with van der Waals surface area (Å²) in [7, 11) is 0. The van der Waals surface area contributed by atoms with E-state index in [0.29, 0.717) is 23.2 Å². The lowest BCUT2D eigenvalue weighted by Crippen LogP contribution is -2.44. The smallest absolute Gasteiger partial charge is 0.225 e. The topological polar surface area (TPSA) is 20.3 Å². The molecule has 0 aromatic rings. The number of amides is 1. The highest BCUT2D eigenvalue weighted by molar-refractivity contribution is 6.17. The minimum Gasteiger partial charge on any atom is -0.342 e. The zero-order valence-electron chi connectivity index (χ0n) is 14.0. The maximum Gasteiger partial charge on any atom is 0.225 e. The summed E-state index contributed by atoms with van der Waals surface area (Å²) in [5.41, 5.74) is 0.393. The Kier molecular flexibility index (Phi) is 5.99. The van der Waals surface area contributed by atoms with Gasteiger partial charge in [0.2, 0.25) is 5.91 Å². The first kappa shape index (κ1) is 17.1. The first-order valence-electron chi connectivity index (χ1n) is 8.76. The maximum absolute atomic E-state index is 12.8. The molecule has 1 saturated heterocycles. The van der Waals surface area contributed by atoms with Crippen LogP contribution in [0, 0.1) is 23.2 Å². The zero-order chi connectivity index (χ0) is 15.5. The molecule has 1 unspecified atom stereocenters. The average Bonchev–Trinajstić information content (AvgIpc) is 2.46. The number of carbonyl (C=O) groups is 1. The Labute approximate surface area is 135 Å². The monoisotopic (exact) mass is 313 g/mol. The van der Waals surface area contributed by atoms with Gasteiger partial charge in [-0.05, 0) is 62.2 Å². The first-order chi connectivity index (χ1) is 9.91. The number of alkyl halides is 1. The number of nitrogens with zero attached hydrogens (tertiary/aromatic N) is 1. The van der Waals surface area contributed by atoms with Gasteiger partial charge in [0.1, 0.15) is 0 Å². The number of piperidine rings is 1. The number of carbonyl (C=O) groups excluding carboxylic acids is 1. The van der Waals surface area contributed by atoms with Crippen LogP contribution in [-0.2, 0) is 4.79 Å². The van der Waals surface area contributed by atoms with Crippen LogP contribution in [0.4, 0.5) is 0 Å². The number of rotatable bonds is 3. The van der Waals surface area contributed by atoms with Crippen LogP contribution in [0.25, 0.3) is 0 Å². The predicted octanol–water partition coefficient (Wildman–Crippen LogP) is 4.71. The lowest BCUT2D eigenvalue weighted by Gasteiger charge is -2.39. The van der Waals surface area contributed by atoms with Gasteiger partial charge in [-0.1, -0.05) is 20.8 Å². The van der Waals surface area contributed by atoms with Crippen LogP contribution in [0.15, 0.2) is 0 Å². The van der Waals surface area contributed by atoms with E-state index < -0.39 is 0 Å². The molecule has 3 heteroatoms. The molecule has 1 atom stereocenters. The van der Waals surface area contributed by atoms with E-state index >= 15 is 0 Å². The second-order valence-corrected chi connectivity index (χ2v) is 8.56. The van der Waals surface area contributed by atoms with Gasteiger partial charge in [0, 0.05) is 24.9 Å². The third kappa shape index (κ3) is 4.61. The molecule has 0 N–H and O–H groups in total. The second-order valence-electron chi connectivity index (χ2n) is 8.18. The van der Waals surface area contributed by atoms with Gasteiger partial charge >= 0.3 is 0 Å². The molecule has 0 bridgehead atoms. The Balaban J connectivity index is 1.84. The molecule has 2 nitrogen and oxygen atoms in total. The molecule has 0 radical (unpaired) electrons. The maximum atomic E-state index is 12.8. The largest absolute Gasteiger partial charge is 0.342 e. The number of likely N-dealkylation sites (tertiary alicyclic amines) is 1. The van der Waals surface area contributed by atoms with E-state index in [2.05, 4.69) is 25.7 Å². The summed E-state index contributed by atoms with van der Waals surface area (Å²) >= 11 is 5.87. The molecule has 21 heavy (non-hydrogen) atoms. The van der Waals surface area contributed by atoms with Crippen molar-refractivity contribution in [3.8, 4) is 0 Å². The molecule has 2 fully saturated rings. The van der Waals surface area contributed by atoms with Crippen LogP contribution in [0.1, 0.15) is 65.7 Å². The quantitative estimate of drug-likeness (QED) is 0.691. The predicted molar refractivity (Wildman–Crippen MR) is 89.5 cm³/mol. The van der Waals surface area contributed by atoms with Crippen LogP contribution < -0.4 is 0 Å². The van der Waals surface area contributed by atoms with Crippen molar-refractivity contribution in [1.82, 2.24) is 4.90 Å². The highest BCUT2D eigenvalue weighted by Gasteiger charge is 2.35. The highest BCUT2D eigenvalue weighted by atomic mass is 35.5. The first-order valence-corrected chi connectivity index (χ1v) is 9.30. The van der Waals surface area contributed by atoms with Crippen LogP contribution in [-0.4, -0.2) is 29.8 Å². The van der Waals surface area contributed by atoms with Gasteiger partial charge in [0.05, 0.1) is 0 Å². The lowest BCUT2D eigenvalue weighted by molar-refractivity contribution is -0.139. The molecular weight excluding hydrogens is 282 g/mol. The van der Waals surface area contributed by atoms with Gasteiger partial charge in [-0.15, -0.1) is 11.6 Å². The minimum atomic E-state index is 0.290. The standard InChI is InChI=1S/C18H32ClNO/c1-18(2,3)16-8-6-15(7-9-16)17(21)20-12-4-5-14(13-20)10-11-19/h14-16H,4-13H2,1-3H3. The summed E-state index contributed by atoms with van der Waals surface area (Å²) in [5.74, 6) is 2.86. The van der Waals surface area contributed by atoms with Crippen molar-refractivity contribution in [1.29, 1.82) is 0 Å². The van der Waals surface area contributed by atoms with E-state index in [-0.39, 0.29) is 0 Å². The molecule has 1 aliphatic heterocycles. The third-order valence-electron chi connectivity index (χ3n) is 5.65. The fraction of sp³-hybridized carbons (Fsp3) is 0.944. The van der Waals surface area contributed by atoms with Crippen LogP contribution in [0.3, 0.4) is 0 Å². The molecule has 0 aromatic heterocycles. The SMILES string of the molecule is CC(C)(C)C1CCC(C(=O)N2CCCC(CCCl)C2)CC1. The Morgan fingerprint density at radius 1 is 1.14 bits per heavy atom. The van der Waals surface area contributed by atoms with Crippen molar-refractivity contribution in [3.63, 3.8) is 0 Å². The van der Waals surface area contributed by atoms with Crippen molar-refractivity contribution in [2.45, 2.75) is 65.7 Å². The van der Waals surface area contributed by atoms with Crippen molar-refractivity contribution >= 4 is 17.5 Å². The van der Waals surface area contributed by atoms with Crippen molar-refractivity contribution in [2.75, 3.05) is 19.0 Å². The average molecular weight is 314 g/mol. The molecule has 1 heterocycles. The van der Waals surface area contributed by atoms with E-state index in [1.165, 1.54) is 19.3 Å². The van der Waals surface area contributed by atoms with Crippen LogP contribution in [0.2, 0.25) is 0 Å². The fourth-order valence-electron chi connectivity index (χ4n) is 4.12. The molecule has 0 aromatic carbocycles. The fourth-order valence-corrected chi connectivity index (χ4v) is 4.43. The molecule has 122 valence electrons. The van der Waals surface area contributed by atoms with E-state index in [1.807, 2.05) is 0 Å². The van der Waals surface area contributed by atoms with Gasteiger partial charge in [-0.3, -0.25) is 4.79 Å².